The van der Waals surface area contributed by atoms with Gasteiger partial charge in [0.25, 0.3) is 0 Å². The Bertz CT molecular complexity index is 566. The maximum atomic E-state index is 4.34. The molecule has 2 N–H and O–H groups in total. The summed E-state index contributed by atoms with van der Waals surface area (Å²) in [5.41, 5.74) is 3.42. The summed E-state index contributed by atoms with van der Waals surface area (Å²) in [5.74, 6) is 1.75. The van der Waals surface area contributed by atoms with Gasteiger partial charge in [0, 0.05) is 17.8 Å². The number of benzene rings is 1. The fourth-order valence-corrected chi connectivity index (χ4v) is 2.00. The Kier molecular flexibility index (Phi) is 4.93. The van der Waals surface area contributed by atoms with Gasteiger partial charge in [0.1, 0.15) is 18.0 Å². The Labute approximate surface area is 120 Å². The van der Waals surface area contributed by atoms with E-state index in [1.807, 2.05) is 6.92 Å². The summed E-state index contributed by atoms with van der Waals surface area (Å²) in [6, 6.07) is 8.40. The highest BCUT2D eigenvalue weighted by molar-refractivity contribution is 5.64. The van der Waals surface area contributed by atoms with E-state index in [1.54, 1.807) is 6.33 Å². The lowest BCUT2D eigenvalue weighted by Gasteiger charge is -2.13. The highest BCUT2D eigenvalue weighted by Crippen LogP contribution is 2.22. The van der Waals surface area contributed by atoms with E-state index in [2.05, 4.69) is 58.7 Å². The molecule has 2 rings (SSSR count). The molecule has 0 aliphatic carbocycles. The first-order valence-electron chi connectivity index (χ1n) is 7.16. The molecule has 0 spiro atoms. The average molecular weight is 270 g/mol. The Balaban J connectivity index is 2.20. The predicted octanol–water partition coefficient (Wildman–Crippen LogP) is 3.91. The first-order chi connectivity index (χ1) is 9.74. The fraction of sp³-hybridized carbons (Fsp3) is 0.375. The van der Waals surface area contributed by atoms with Crippen LogP contribution in [0.15, 0.2) is 30.6 Å². The lowest BCUT2D eigenvalue weighted by atomic mass is 10.1. The molecule has 0 unspecified atom stereocenters. The third-order valence-corrected chi connectivity index (χ3v) is 3.22. The molecule has 0 atom stereocenters. The number of aryl methyl sites for hydroxylation is 1. The second-order valence-corrected chi connectivity index (χ2v) is 4.80. The van der Waals surface area contributed by atoms with Crippen LogP contribution in [0, 0.1) is 6.92 Å². The number of anilines is 3. The molecule has 1 aromatic heterocycles. The van der Waals surface area contributed by atoms with Gasteiger partial charge in [-0.15, -0.1) is 0 Å². The second kappa shape index (κ2) is 6.89. The number of nitrogens with zero attached hydrogens (tertiary/aromatic N) is 2. The number of nitrogens with one attached hydrogen (secondary N) is 2. The van der Waals surface area contributed by atoms with Gasteiger partial charge >= 0.3 is 0 Å². The zero-order valence-corrected chi connectivity index (χ0v) is 12.4. The maximum absolute atomic E-state index is 4.34. The van der Waals surface area contributed by atoms with Crippen molar-refractivity contribution in [3.05, 3.63) is 41.7 Å². The molecular weight excluding hydrogens is 248 g/mol. The Hall–Kier alpha value is -2.10. The minimum Gasteiger partial charge on any atom is -0.370 e. The second-order valence-electron chi connectivity index (χ2n) is 4.80. The molecule has 20 heavy (non-hydrogen) atoms. The van der Waals surface area contributed by atoms with Crippen LogP contribution in [0.4, 0.5) is 17.3 Å². The highest BCUT2D eigenvalue weighted by atomic mass is 15.1. The zero-order valence-electron chi connectivity index (χ0n) is 12.4. The van der Waals surface area contributed by atoms with Crippen molar-refractivity contribution < 1.29 is 0 Å². The predicted molar refractivity (Wildman–Crippen MR) is 84.7 cm³/mol. The molecule has 4 nitrogen and oxygen atoms in total. The molecule has 1 aromatic carbocycles. The normalized spacial score (nSPS) is 10.3. The van der Waals surface area contributed by atoms with Crippen LogP contribution < -0.4 is 10.6 Å². The quantitative estimate of drug-likeness (QED) is 0.835. The van der Waals surface area contributed by atoms with Crippen molar-refractivity contribution in [2.45, 2.75) is 33.6 Å². The van der Waals surface area contributed by atoms with Crippen molar-refractivity contribution in [2.75, 3.05) is 17.2 Å². The fourth-order valence-electron chi connectivity index (χ4n) is 2.00. The molecule has 0 amide bonds. The zero-order chi connectivity index (χ0) is 14.4. The molecule has 0 saturated carbocycles. The summed E-state index contributed by atoms with van der Waals surface area (Å²) in [7, 11) is 0. The van der Waals surface area contributed by atoms with Crippen molar-refractivity contribution in [3.63, 3.8) is 0 Å². The van der Waals surface area contributed by atoms with Crippen LogP contribution in [-0.4, -0.2) is 16.5 Å². The van der Waals surface area contributed by atoms with Gasteiger partial charge in [0.15, 0.2) is 0 Å². The molecule has 106 valence electrons. The number of aromatic nitrogens is 2. The SMILES string of the molecule is CCCNc1ncnc(Nc2cccc(CC)c2)c1C. The van der Waals surface area contributed by atoms with Gasteiger partial charge in [-0.1, -0.05) is 26.0 Å². The summed E-state index contributed by atoms with van der Waals surface area (Å²) >= 11 is 0. The van der Waals surface area contributed by atoms with E-state index in [1.165, 1.54) is 5.56 Å². The van der Waals surface area contributed by atoms with Crippen molar-refractivity contribution in [1.82, 2.24) is 9.97 Å². The van der Waals surface area contributed by atoms with Gasteiger partial charge in [-0.05, 0) is 37.5 Å². The number of rotatable bonds is 6. The lowest BCUT2D eigenvalue weighted by Crippen LogP contribution is -2.07. The van der Waals surface area contributed by atoms with Crippen LogP contribution in [0.25, 0.3) is 0 Å². The van der Waals surface area contributed by atoms with Crippen LogP contribution in [0.1, 0.15) is 31.4 Å². The highest BCUT2D eigenvalue weighted by Gasteiger charge is 2.06. The van der Waals surface area contributed by atoms with E-state index in [0.29, 0.717) is 0 Å². The van der Waals surface area contributed by atoms with E-state index in [0.717, 1.165) is 42.3 Å². The molecule has 0 aliphatic rings. The van der Waals surface area contributed by atoms with Crippen molar-refractivity contribution in [1.29, 1.82) is 0 Å². The van der Waals surface area contributed by atoms with Crippen LogP contribution >= 0.6 is 0 Å². The van der Waals surface area contributed by atoms with Gasteiger partial charge < -0.3 is 10.6 Å². The van der Waals surface area contributed by atoms with E-state index >= 15 is 0 Å². The standard InChI is InChI=1S/C16H22N4/c1-4-9-17-15-12(3)16(19-11-18-15)20-14-8-6-7-13(5-2)10-14/h6-8,10-11H,4-5,9H2,1-3H3,(H2,17,18,19,20). The van der Waals surface area contributed by atoms with Gasteiger partial charge in [-0.2, -0.15) is 0 Å². The molecule has 0 radical (unpaired) electrons. The average Bonchev–Trinajstić information content (AvgIpc) is 2.48. The van der Waals surface area contributed by atoms with Gasteiger partial charge in [-0.3, -0.25) is 0 Å². The van der Waals surface area contributed by atoms with Crippen LogP contribution in [-0.2, 0) is 6.42 Å². The number of hydrogen-bond acceptors (Lipinski definition) is 4. The Morgan fingerprint density at radius 3 is 2.65 bits per heavy atom. The molecule has 0 fully saturated rings. The first-order valence-corrected chi connectivity index (χ1v) is 7.16. The summed E-state index contributed by atoms with van der Waals surface area (Å²) in [6.45, 7) is 7.24. The third kappa shape index (κ3) is 3.47. The van der Waals surface area contributed by atoms with E-state index in [-0.39, 0.29) is 0 Å². The summed E-state index contributed by atoms with van der Waals surface area (Å²) in [5, 5.41) is 6.69. The number of hydrogen-bond donors (Lipinski definition) is 2. The topological polar surface area (TPSA) is 49.8 Å². The molecule has 4 heteroatoms. The maximum Gasteiger partial charge on any atom is 0.138 e. The van der Waals surface area contributed by atoms with Crippen LogP contribution in [0.3, 0.4) is 0 Å². The van der Waals surface area contributed by atoms with Crippen LogP contribution in [0.2, 0.25) is 0 Å². The summed E-state index contributed by atoms with van der Waals surface area (Å²) in [4.78, 5) is 8.63. The molecule has 0 aliphatic heterocycles. The minimum absolute atomic E-state index is 0.854. The Morgan fingerprint density at radius 1 is 1.10 bits per heavy atom. The van der Waals surface area contributed by atoms with Gasteiger partial charge in [-0.25, -0.2) is 9.97 Å². The van der Waals surface area contributed by atoms with Crippen LogP contribution in [0.5, 0.6) is 0 Å². The monoisotopic (exact) mass is 270 g/mol. The van der Waals surface area contributed by atoms with E-state index in [4.69, 9.17) is 0 Å². The molecule has 1 heterocycles. The minimum atomic E-state index is 0.854. The molecule has 0 bridgehead atoms. The largest absolute Gasteiger partial charge is 0.370 e. The van der Waals surface area contributed by atoms with Crippen molar-refractivity contribution in [2.24, 2.45) is 0 Å². The van der Waals surface area contributed by atoms with Gasteiger partial charge in [0.2, 0.25) is 0 Å². The van der Waals surface area contributed by atoms with E-state index < -0.39 is 0 Å². The molecular formula is C16H22N4. The third-order valence-electron chi connectivity index (χ3n) is 3.22. The van der Waals surface area contributed by atoms with Gasteiger partial charge in [0.05, 0.1) is 0 Å². The molecule has 0 saturated heterocycles. The van der Waals surface area contributed by atoms with E-state index in [9.17, 15) is 0 Å². The smallest absolute Gasteiger partial charge is 0.138 e. The first kappa shape index (κ1) is 14.3. The lowest BCUT2D eigenvalue weighted by molar-refractivity contribution is 0.960. The summed E-state index contributed by atoms with van der Waals surface area (Å²) < 4.78 is 0. The summed E-state index contributed by atoms with van der Waals surface area (Å²) in [6.07, 6.45) is 3.70. The molecule has 2 aromatic rings. The Morgan fingerprint density at radius 2 is 1.90 bits per heavy atom. The van der Waals surface area contributed by atoms with Crippen molar-refractivity contribution in [3.8, 4) is 0 Å². The van der Waals surface area contributed by atoms with Crippen molar-refractivity contribution >= 4 is 17.3 Å².